The minimum Gasteiger partial charge on any atom is -0.373 e. The summed E-state index contributed by atoms with van der Waals surface area (Å²) in [5.41, 5.74) is 1.57. The third kappa shape index (κ3) is 5.40. The fourth-order valence-corrected chi connectivity index (χ4v) is 5.67. The van der Waals surface area contributed by atoms with Gasteiger partial charge in [-0.3, -0.25) is 9.69 Å². The molecular weight excluding hydrogens is 457 g/mol. The fourth-order valence-electron chi connectivity index (χ4n) is 5.67. The summed E-state index contributed by atoms with van der Waals surface area (Å²) >= 11 is 0. The molecule has 1 aromatic heterocycles. The van der Waals surface area contributed by atoms with Crippen LogP contribution in [0.4, 0.5) is 21.7 Å². The van der Waals surface area contributed by atoms with Gasteiger partial charge in [0.15, 0.2) is 0 Å². The van der Waals surface area contributed by atoms with Crippen molar-refractivity contribution >= 4 is 23.2 Å². The number of nitrogens with one attached hydrogen (secondary N) is 2. The molecule has 9 heteroatoms. The number of anilines is 3. The van der Waals surface area contributed by atoms with E-state index in [4.69, 9.17) is 0 Å². The molecule has 8 nitrogen and oxygen atoms in total. The molecule has 2 aromatic rings. The lowest BCUT2D eigenvalue weighted by atomic mass is 9.82. The largest absolute Gasteiger partial charge is 0.373 e. The topological polar surface area (TPSA) is 76.6 Å². The van der Waals surface area contributed by atoms with Crippen molar-refractivity contribution in [3.8, 4) is 0 Å². The van der Waals surface area contributed by atoms with Crippen molar-refractivity contribution in [2.24, 2.45) is 5.41 Å². The van der Waals surface area contributed by atoms with Gasteiger partial charge in [0.25, 0.3) is 0 Å². The normalized spacial score (nSPS) is 21.9. The lowest BCUT2D eigenvalue weighted by Gasteiger charge is -2.48. The zero-order valence-electron chi connectivity index (χ0n) is 21.7. The molecule has 1 spiro atoms. The monoisotopic (exact) mass is 495 g/mol. The molecule has 1 amide bonds. The Kier molecular flexibility index (Phi) is 6.76. The summed E-state index contributed by atoms with van der Waals surface area (Å²) in [6, 6.07) is 7.44. The Morgan fingerprint density at radius 2 is 1.78 bits per heavy atom. The first kappa shape index (κ1) is 24.7. The summed E-state index contributed by atoms with van der Waals surface area (Å²) in [6.07, 6.45) is 5.46. The molecule has 0 aliphatic carbocycles. The average molecular weight is 496 g/mol. The number of carbonyl (C=O) groups is 1. The van der Waals surface area contributed by atoms with Crippen LogP contribution in [-0.2, 0) is 11.3 Å². The number of rotatable bonds is 5. The zero-order chi connectivity index (χ0) is 25.3. The highest BCUT2D eigenvalue weighted by atomic mass is 19.1. The first-order valence-corrected chi connectivity index (χ1v) is 13.1. The minimum atomic E-state index is -0.319. The van der Waals surface area contributed by atoms with E-state index in [0.29, 0.717) is 18.5 Å². The molecule has 4 heterocycles. The smallest absolute Gasteiger partial charge is 0.240 e. The number of amides is 1. The quantitative estimate of drug-likeness (QED) is 0.659. The Morgan fingerprint density at radius 1 is 1.03 bits per heavy atom. The predicted molar refractivity (Wildman–Crippen MR) is 141 cm³/mol. The Bertz CT molecular complexity index is 1090. The van der Waals surface area contributed by atoms with Crippen molar-refractivity contribution < 1.29 is 9.18 Å². The van der Waals surface area contributed by atoms with E-state index < -0.39 is 0 Å². The fraction of sp³-hybridized carbons (Fsp3) is 0.593. The highest BCUT2D eigenvalue weighted by Crippen LogP contribution is 2.33. The van der Waals surface area contributed by atoms with Crippen LogP contribution >= 0.6 is 0 Å². The molecule has 0 bridgehead atoms. The summed E-state index contributed by atoms with van der Waals surface area (Å²) < 4.78 is 15.2. The maximum Gasteiger partial charge on any atom is 0.240 e. The number of piperidine rings is 2. The van der Waals surface area contributed by atoms with Crippen molar-refractivity contribution in [1.29, 1.82) is 0 Å². The molecule has 36 heavy (non-hydrogen) atoms. The molecule has 3 saturated heterocycles. The highest BCUT2D eigenvalue weighted by Gasteiger charge is 2.41. The van der Waals surface area contributed by atoms with Gasteiger partial charge in [0.05, 0.1) is 12.1 Å². The van der Waals surface area contributed by atoms with Crippen LogP contribution in [0.25, 0.3) is 0 Å². The van der Waals surface area contributed by atoms with Gasteiger partial charge in [0.2, 0.25) is 5.91 Å². The zero-order valence-corrected chi connectivity index (χ0v) is 21.7. The lowest BCUT2D eigenvalue weighted by Crippen LogP contribution is -2.66. The maximum absolute atomic E-state index is 15.2. The lowest BCUT2D eigenvalue weighted by molar-refractivity contribution is -0.123. The molecule has 194 valence electrons. The Hall–Kier alpha value is -2.94. The molecule has 1 aromatic carbocycles. The van der Waals surface area contributed by atoms with Crippen molar-refractivity contribution in [3.05, 3.63) is 42.0 Å². The van der Waals surface area contributed by atoms with E-state index >= 15 is 4.39 Å². The van der Waals surface area contributed by atoms with Gasteiger partial charge in [-0.25, -0.2) is 14.4 Å². The minimum absolute atomic E-state index is 0.00498. The van der Waals surface area contributed by atoms with Crippen LogP contribution < -0.4 is 20.4 Å². The van der Waals surface area contributed by atoms with Crippen LogP contribution in [0.1, 0.15) is 45.1 Å². The second-order valence-electron chi connectivity index (χ2n) is 11.4. The van der Waals surface area contributed by atoms with E-state index in [2.05, 4.69) is 44.2 Å². The van der Waals surface area contributed by atoms with Crippen molar-refractivity contribution in [1.82, 2.24) is 20.2 Å². The second-order valence-corrected chi connectivity index (χ2v) is 11.4. The van der Waals surface area contributed by atoms with Crippen LogP contribution in [0.2, 0.25) is 0 Å². The molecule has 0 unspecified atom stereocenters. The number of carbonyl (C=O) groups excluding carboxylic acids is 1. The van der Waals surface area contributed by atoms with Crippen LogP contribution in [0, 0.1) is 11.2 Å². The summed E-state index contributed by atoms with van der Waals surface area (Å²) in [5.74, 6) is 1.48. The summed E-state index contributed by atoms with van der Waals surface area (Å²) in [7, 11) is 1.84. The number of benzene rings is 1. The number of piperazine rings is 1. The van der Waals surface area contributed by atoms with Gasteiger partial charge in [-0.15, -0.1) is 0 Å². The number of likely N-dealkylation sites (tertiary alicyclic amines) is 1. The van der Waals surface area contributed by atoms with Gasteiger partial charge in [-0.1, -0.05) is 19.9 Å². The second kappa shape index (κ2) is 9.84. The first-order chi connectivity index (χ1) is 17.2. The van der Waals surface area contributed by atoms with Gasteiger partial charge < -0.3 is 20.4 Å². The number of halogens is 1. The third-order valence-electron chi connectivity index (χ3n) is 8.19. The van der Waals surface area contributed by atoms with E-state index in [1.54, 1.807) is 12.4 Å². The van der Waals surface area contributed by atoms with E-state index in [-0.39, 0.29) is 23.8 Å². The SMILES string of the molecule is CNc1cc(N2CCC3(CC2)CN(c2ccc(CN4CCC(C)(C)CC4)c(F)c2)CC(=O)N3)ncn1. The molecule has 3 aliphatic rings. The van der Waals surface area contributed by atoms with Crippen LogP contribution in [-0.4, -0.2) is 72.6 Å². The van der Waals surface area contributed by atoms with Gasteiger partial charge >= 0.3 is 0 Å². The van der Waals surface area contributed by atoms with Crippen molar-refractivity contribution in [2.75, 3.05) is 61.4 Å². The Balaban J connectivity index is 1.24. The average Bonchev–Trinajstić information content (AvgIpc) is 2.86. The summed E-state index contributed by atoms with van der Waals surface area (Å²) in [4.78, 5) is 28.0. The van der Waals surface area contributed by atoms with Gasteiger partial charge in [0, 0.05) is 50.5 Å². The first-order valence-electron chi connectivity index (χ1n) is 13.1. The van der Waals surface area contributed by atoms with Gasteiger partial charge in [-0.05, 0) is 56.3 Å². The third-order valence-corrected chi connectivity index (χ3v) is 8.19. The molecule has 0 atom stereocenters. The maximum atomic E-state index is 15.2. The van der Waals surface area contributed by atoms with Gasteiger partial charge in [0.1, 0.15) is 23.8 Å². The number of hydrogen-bond donors (Lipinski definition) is 2. The standard InChI is InChI=1S/C27H38FN7O/c1-26(2)6-10-33(11-7-26)16-20-4-5-21(14-22(20)28)35-17-25(36)32-27(18-35)8-12-34(13-9-27)24-15-23(29-3)30-19-31-24/h4-5,14-15,19H,6-13,16-18H2,1-3H3,(H,32,36)(H,29,30,31). The molecule has 0 saturated carbocycles. The molecule has 5 rings (SSSR count). The Labute approximate surface area is 213 Å². The summed E-state index contributed by atoms with van der Waals surface area (Å²) in [6.45, 7) is 9.77. The van der Waals surface area contributed by atoms with Crippen molar-refractivity contribution in [2.45, 2.75) is 51.6 Å². The molecule has 2 N–H and O–H groups in total. The van der Waals surface area contributed by atoms with Crippen LogP contribution in [0.15, 0.2) is 30.6 Å². The molecule has 0 radical (unpaired) electrons. The van der Waals surface area contributed by atoms with E-state index in [9.17, 15) is 4.79 Å². The number of nitrogens with zero attached hydrogens (tertiary/aromatic N) is 5. The molecular formula is C27H38FN7O. The predicted octanol–water partition coefficient (Wildman–Crippen LogP) is 3.25. The van der Waals surface area contributed by atoms with Crippen LogP contribution in [0.3, 0.4) is 0 Å². The van der Waals surface area contributed by atoms with Gasteiger partial charge in [-0.2, -0.15) is 0 Å². The number of hydrogen-bond acceptors (Lipinski definition) is 7. The molecule has 3 aliphatic heterocycles. The van der Waals surface area contributed by atoms with E-state index in [0.717, 1.165) is 74.7 Å². The van der Waals surface area contributed by atoms with E-state index in [1.807, 2.05) is 30.1 Å². The number of aromatic nitrogens is 2. The molecule has 3 fully saturated rings. The van der Waals surface area contributed by atoms with E-state index in [1.165, 1.54) is 0 Å². The Morgan fingerprint density at radius 3 is 2.47 bits per heavy atom. The summed E-state index contributed by atoms with van der Waals surface area (Å²) in [5, 5.41) is 6.31. The highest BCUT2D eigenvalue weighted by molar-refractivity contribution is 5.84. The van der Waals surface area contributed by atoms with Crippen LogP contribution in [0.5, 0.6) is 0 Å². The van der Waals surface area contributed by atoms with Crippen molar-refractivity contribution in [3.63, 3.8) is 0 Å².